The van der Waals surface area contributed by atoms with E-state index in [1.807, 2.05) is 0 Å². The van der Waals surface area contributed by atoms with Gasteiger partial charge in [-0.05, 0) is 20.8 Å². The minimum Gasteiger partial charge on any atom is -0.432 e. The number of hydrogen-bond donors (Lipinski definition) is 0. The molecule has 1 atom stereocenters. The summed E-state index contributed by atoms with van der Waals surface area (Å²) in [6.45, 7) is 5.28. The third kappa shape index (κ3) is 4.97. The molecule has 0 saturated carbocycles. The van der Waals surface area contributed by atoms with Crippen molar-refractivity contribution in [2.45, 2.75) is 37.3 Å². The van der Waals surface area contributed by atoms with E-state index in [2.05, 4.69) is 9.97 Å². The minimum atomic E-state index is -0.668. The lowest BCUT2D eigenvalue weighted by atomic mass is 10.5. The van der Waals surface area contributed by atoms with Crippen LogP contribution in [0.25, 0.3) is 0 Å². The summed E-state index contributed by atoms with van der Waals surface area (Å²) in [6, 6.07) is 0. The zero-order valence-electron chi connectivity index (χ0n) is 9.41. The van der Waals surface area contributed by atoms with Gasteiger partial charge in [0.15, 0.2) is 5.44 Å². The van der Waals surface area contributed by atoms with Gasteiger partial charge >= 0.3 is 6.16 Å². The first-order chi connectivity index (χ1) is 7.58. The number of thioether (sulfide) groups is 1. The van der Waals surface area contributed by atoms with Crippen molar-refractivity contribution in [3.05, 3.63) is 18.6 Å². The monoisotopic (exact) mass is 242 g/mol. The van der Waals surface area contributed by atoms with Gasteiger partial charge in [-0.3, -0.25) is 4.98 Å². The lowest BCUT2D eigenvalue weighted by Crippen LogP contribution is -2.17. The normalized spacial score (nSPS) is 12.2. The molecule has 0 fully saturated rings. The van der Waals surface area contributed by atoms with Crippen LogP contribution >= 0.6 is 11.8 Å². The summed E-state index contributed by atoms with van der Waals surface area (Å²) < 4.78 is 9.85. The van der Waals surface area contributed by atoms with Crippen LogP contribution in [0.2, 0.25) is 0 Å². The fourth-order valence-electron chi connectivity index (χ4n) is 0.896. The average Bonchev–Trinajstić information content (AvgIpc) is 2.17. The van der Waals surface area contributed by atoms with Crippen molar-refractivity contribution in [1.82, 2.24) is 9.97 Å². The van der Waals surface area contributed by atoms with Gasteiger partial charge in [-0.2, -0.15) is 0 Å². The molecule has 0 saturated heterocycles. The summed E-state index contributed by atoms with van der Waals surface area (Å²) in [4.78, 5) is 19.1. The quantitative estimate of drug-likeness (QED) is 0.459. The average molecular weight is 242 g/mol. The van der Waals surface area contributed by atoms with Crippen molar-refractivity contribution < 1.29 is 14.3 Å². The maximum atomic E-state index is 11.2. The van der Waals surface area contributed by atoms with Gasteiger partial charge in [0.1, 0.15) is 5.03 Å². The fraction of sp³-hybridized carbons (Fsp3) is 0.500. The number of hydrogen-bond acceptors (Lipinski definition) is 6. The van der Waals surface area contributed by atoms with E-state index in [0.29, 0.717) is 5.03 Å². The Hall–Kier alpha value is -1.30. The number of carbonyl (C=O) groups excluding carboxylic acids is 1. The molecule has 1 rings (SSSR count). The third-order valence-electron chi connectivity index (χ3n) is 1.42. The molecule has 0 aliphatic heterocycles. The predicted molar refractivity (Wildman–Crippen MR) is 60.1 cm³/mol. The van der Waals surface area contributed by atoms with Gasteiger partial charge in [0.2, 0.25) is 0 Å². The van der Waals surface area contributed by atoms with Crippen LogP contribution in [0.3, 0.4) is 0 Å². The van der Waals surface area contributed by atoms with E-state index >= 15 is 0 Å². The van der Waals surface area contributed by atoms with Crippen molar-refractivity contribution in [3.63, 3.8) is 0 Å². The second-order valence-corrected chi connectivity index (χ2v) is 4.58. The largest absolute Gasteiger partial charge is 0.509 e. The first-order valence-electron chi connectivity index (χ1n) is 4.88. The number of aromatic nitrogens is 2. The van der Waals surface area contributed by atoms with Gasteiger partial charge in [0.05, 0.1) is 12.3 Å². The molecule has 1 aromatic heterocycles. The molecular weight excluding hydrogens is 228 g/mol. The van der Waals surface area contributed by atoms with Gasteiger partial charge in [0, 0.05) is 12.4 Å². The van der Waals surface area contributed by atoms with E-state index in [1.54, 1.807) is 39.4 Å². The van der Waals surface area contributed by atoms with Gasteiger partial charge in [-0.15, -0.1) is 0 Å². The third-order valence-corrected chi connectivity index (χ3v) is 2.30. The fourth-order valence-corrected chi connectivity index (χ4v) is 1.61. The van der Waals surface area contributed by atoms with E-state index in [4.69, 9.17) is 9.47 Å². The highest BCUT2D eigenvalue weighted by Crippen LogP contribution is 2.20. The molecule has 1 aromatic rings. The highest BCUT2D eigenvalue weighted by molar-refractivity contribution is 7.99. The topological polar surface area (TPSA) is 61.3 Å². The Bertz CT molecular complexity index is 332. The Kier molecular flexibility index (Phi) is 5.04. The Balaban J connectivity index is 2.36. The molecule has 1 heterocycles. The molecular formula is C10H14N2O3S. The Morgan fingerprint density at radius 3 is 2.62 bits per heavy atom. The van der Waals surface area contributed by atoms with Crippen molar-refractivity contribution in [3.8, 4) is 0 Å². The van der Waals surface area contributed by atoms with Gasteiger partial charge in [0.25, 0.3) is 0 Å². The van der Waals surface area contributed by atoms with Crippen LogP contribution in [-0.2, 0) is 9.47 Å². The van der Waals surface area contributed by atoms with E-state index in [9.17, 15) is 4.79 Å². The molecule has 0 radical (unpaired) electrons. The second kappa shape index (κ2) is 6.32. The maximum Gasteiger partial charge on any atom is 0.509 e. The zero-order valence-corrected chi connectivity index (χ0v) is 10.2. The first-order valence-corrected chi connectivity index (χ1v) is 5.76. The number of rotatable bonds is 4. The lowest BCUT2D eigenvalue weighted by Gasteiger charge is -2.13. The summed E-state index contributed by atoms with van der Waals surface area (Å²) in [5.74, 6) is 0. The van der Waals surface area contributed by atoms with E-state index in [0.717, 1.165) is 0 Å². The summed E-state index contributed by atoms with van der Waals surface area (Å²) >= 11 is 1.30. The lowest BCUT2D eigenvalue weighted by molar-refractivity contribution is 0.0311. The standard InChI is InChI=1S/C10H14N2O3S/c1-7(2)14-10(13)15-8(3)16-9-6-11-4-5-12-9/h4-8H,1-3H3. The number of carbonyl (C=O) groups is 1. The van der Waals surface area contributed by atoms with Gasteiger partial charge in [-0.25, -0.2) is 9.78 Å². The van der Waals surface area contributed by atoms with Crippen molar-refractivity contribution in [2.24, 2.45) is 0 Å². The van der Waals surface area contributed by atoms with Crippen molar-refractivity contribution >= 4 is 17.9 Å². The SMILES string of the molecule is CC(C)OC(=O)OC(C)Sc1cnccn1. The number of ether oxygens (including phenoxy) is 2. The smallest absolute Gasteiger partial charge is 0.432 e. The Morgan fingerprint density at radius 2 is 2.06 bits per heavy atom. The molecule has 1 unspecified atom stereocenters. The number of nitrogens with zero attached hydrogens (tertiary/aromatic N) is 2. The molecule has 0 amide bonds. The predicted octanol–water partition coefficient (Wildman–Crippen LogP) is 2.48. The maximum absolute atomic E-state index is 11.2. The van der Waals surface area contributed by atoms with Crippen LogP contribution in [0.1, 0.15) is 20.8 Å². The highest BCUT2D eigenvalue weighted by Gasteiger charge is 2.13. The molecule has 5 nitrogen and oxygen atoms in total. The van der Waals surface area contributed by atoms with Crippen molar-refractivity contribution in [2.75, 3.05) is 0 Å². The van der Waals surface area contributed by atoms with Gasteiger partial charge < -0.3 is 9.47 Å². The molecule has 0 aliphatic carbocycles. The molecule has 0 aliphatic rings. The van der Waals surface area contributed by atoms with Crippen LogP contribution in [0.15, 0.2) is 23.6 Å². The van der Waals surface area contributed by atoms with Crippen LogP contribution in [0.5, 0.6) is 0 Å². The van der Waals surface area contributed by atoms with Gasteiger partial charge in [-0.1, -0.05) is 11.8 Å². The summed E-state index contributed by atoms with van der Waals surface area (Å²) in [5, 5.41) is 0.701. The molecule has 88 valence electrons. The van der Waals surface area contributed by atoms with Crippen LogP contribution in [0, 0.1) is 0 Å². The molecule has 0 N–H and O–H groups in total. The minimum absolute atomic E-state index is 0.179. The summed E-state index contributed by atoms with van der Waals surface area (Å²) in [6.07, 6.45) is 3.93. The van der Waals surface area contributed by atoms with E-state index < -0.39 is 6.16 Å². The molecule has 0 bridgehead atoms. The first kappa shape index (κ1) is 12.8. The summed E-state index contributed by atoms with van der Waals surface area (Å²) in [5.41, 5.74) is -0.358. The second-order valence-electron chi connectivity index (χ2n) is 3.26. The van der Waals surface area contributed by atoms with Crippen LogP contribution in [-0.4, -0.2) is 27.7 Å². The molecule has 0 spiro atoms. The van der Waals surface area contributed by atoms with E-state index in [-0.39, 0.29) is 11.5 Å². The Labute approximate surface area is 98.6 Å². The molecule has 6 heteroatoms. The summed E-state index contributed by atoms with van der Waals surface area (Å²) in [7, 11) is 0. The van der Waals surface area contributed by atoms with Crippen LogP contribution < -0.4 is 0 Å². The Morgan fingerprint density at radius 1 is 1.31 bits per heavy atom. The zero-order chi connectivity index (χ0) is 12.0. The van der Waals surface area contributed by atoms with Crippen molar-refractivity contribution in [1.29, 1.82) is 0 Å². The van der Waals surface area contributed by atoms with Crippen LogP contribution in [0.4, 0.5) is 4.79 Å². The molecule has 16 heavy (non-hydrogen) atoms. The molecule has 0 aromatic carbocycles. The van der Waals surface area contributed by atoms with E-state index in [1.165, 1.54) is 11.8 Å². The highest BCUT2D eigenvalue weighted by atomic mass is 32.2.